The average molecular weight is 292 g/mol. The zero-order valence-corrected chi connectivity index (χ0v) is 13.6. The van der Waals surface area contributed by atoms with E-state index in [-0.39, 0.29) is 17.2 Å². The molecule has 0 aliphatic carbocycles. The molecule has 4 heteroatoms. The van der Waals surface area contributed by atoms with Gasteiger partial charge in [0.15, 0.2) is 0 Å². The third kappa shape index (κ3) is 6.63. The molecule has 1 rings (SSSR count). The van der Waals surface area contributed by atoms with E-state index in [1.165, 1.54) is 0 Å². The third-order valence-electron chi connectivity index (χ3n) is 3.09. The van der Waals surface area contributed by atoms with Crippen LogP contribution in [0.25, 0.3) is 0 Å². The van der Waals surface area contributed by atoms with Crippen LogP contribution in [0.3, 0.4) is 0 Å². The highest BCUT2D eigenvalue weighted by Gasteiger charge is 2.23. The Hall–Kier alpha value is -1.55. The maximum absolute atomic E-state index is 12.3. The summed E-state index contributed by atoms with van der Waals surface area (Å²) in [6, 6.07) is 7.47. The molecule has 0 aliphatic heterocycles. The highest BCUT2D eigenvalue weighted by Crippen LogP contribution is 2.25. The predicted octanol–water partition coefficient (Wildman–Crippen LogP) is 3.43. The Labute approximate surface area is 128 Å². The number of carbonyl (C=O) groups is 1. The van der Waals surface area contributed by atoms with E-state index in [1.807, 2.05) is 24.3 Å². The minimum absolute atomic E-state index is 0.0277. The van der Waals surface area contributed by atoms with E-state index in [9.17, 15) is 4.79 Å². The molecule has 21 heavy (non-hydrogen) atoms. The summed E-state index contributed by atoms with van der Waals surface area (Å²) in [6.07, 6.45) is 1.72. The molecule has 1 unspecified atom stereocenters. The van der Waals surface area contributed by atoms with Crippen LogP contribution in [0.5, 0.6) is 5.75 Å². The molecule has 0 aromatic heterocycles. The van der Waals surface area contributed by atoms with Gasteiger partial charge in [0.2, 0.25) is 5.91 Å². The first-order valence-corrected chi connectivity index (χ1v) is 7.59. The minimum atomic E-state index is -0.176. The standard InChI is InChI=1S/C17H28N2O2/c1-5-9-21-15-8-6-7-14(10-15)19-16(20)13(12-18)11-17(2,3)4/h6-8,10,13H,5,9,11-12,18H2,1-4H3,(H,19,20). The molecule has 0 bridgehead atoms. The Morgan fingerprint density at radius 2 is 2.10 bits per heavy atom. The van der Waals surface area contributed by atoms with Gasteiger partial charge in [0.1, 0.15) is 5.75 Å². The van der Waals surface area contributed by atoms with Crippen LogP contribution in [-0.4, -0.2) is 19.1 Å². The van der Waals surface area contributed by atoms with Crippen molar-refractivity contribution in [3.05, 3.63) is 24.3 Å². The summed E-state index contributed by atoms with van der Waals surface area (Å²) in [5.74, 6) is 0.569. The van der Waals surface area contributed by atoms with Gasteiger partial charge >= 0.3 is 0 Å². The number of hydrogen-bond acceptors (Lipinski definition) is 3. The first-order valence-electron chi connectivity index (χ1n) is 7.59. The van der Waals surface area contributed by atoms with E-state index in [4.69, 9.17) is 10.5 Å². The monoisotopic (exact) mass is 292 g/mol. The topological polar surface area (TPSA) is 64.3 Å². The number of nitrogens with two attached hydrogens (primary N) is 1. The zero-order valence-electron chi connectivity index (χ0n) is 13.6. The number of anilines is 1. The van der Waals surface area contributed by atoms with E-state index in [1.54, 1.807) is 0 Å². The van der Waals surface area contributed by atoms with E-state index in [0.717, 1.165) is 24.3 Å². The second kappa shape index (κ2) is 8.03. The molecule has 0 aliphatic rings. The average Bonchev–Trinajstić information content (AvgIpc) is 2.42. The molecule has 0 heterocycles. The highest BCUT2D eigenvalue weighted by atomic mass is 16.5. The summed E-state index contributed by atoms with van der Waals surface area (Å²) in [7, 11) is 0. The lowest BCUT2D eigenvalue weighted by atomic mass is 9.84. The fourth-order valence-corrected chi connectivity index (χ4v) is 2.15. The molecule has 0 saturated heterocycles. The molecule has 1 atom stereocenters. The number of carbonyl (C=O) groups excluding carboxylic acids is 1. The minimum Gasteiger partial charge on any atom is -0.494 e. The van der Waals surface area contributed by atoms with Crippen molar-refractivity contribution in [3.8, 4) is 5.75 Å². The predicted molar refractivity (Wildman–Crippen MR) is 87.5 cm³/mol. The van der Waals surface area contributed by atoms with Crippen molar-refractivity contribution in [1.82, 2.24) is 0 Å². The molecular weight excluding hydrogens is 264 g/mol. The van der Waals surface area contributed by atoms with Crippen LogP contribution in [-0.2, 0) is 4.79 Å². The maximum atomic E-state index is 12.3. The van der Waals surface area contributed by atoms with Gasteiger partial charge in [-0.2, -0.15) is 0 Å². The molecule has 0 spiro atoms. The summed E-state index contributed by atoms with van der Waals surface area (Å²) in [4.78, 5) is 12.3. The maximum Gasteiger partial charge on any atom is 0.228 e. The molecule has 0 radical (unpaired) electrons. The fraction of sp³-hybridized carbons (Fsp3) is 0.588. The second-order valence-electron chi connectivity index (χ2n) is 6.56. The number of nitrogens with one attached hydrogen (secondary N) is 1. The van der Waals surface area contributed by atoms with Crippen LogP contribution < -0.4 is 15.8 Å². The molecular formula is C17H28N2O2. The van der Waals surface area contributed by atoms with Crippen molar-refractivity contribution in [1.29, 1.82) is 0 Å². The van der Waals surface area contributed by atoms with Crippen LogP contribution in [0.15, 0.2) is 24.3 Å². The van der Waals surface area contributed by atoms with Crippen LogP contribution in [0.2, 0.25) is 0 Å². The molecule has 1 amide bonds. The second-order valence-corrected chi connectivity index (χ2v) is 6.56. The van der Waals surface area contributed by atoms with Crippen molar-refractivity contribution in [3.63, 3.8) is 0 Å². The quantitative estimate of drug-likeness (QED) is 0.809. The first kappa shape index (κ1) is 17.5. The van der Waals surface area contributed by atoms with Gasteiger partial charge in [0.25, 0.3) is 0 Å². The lowest BCUT2D eigenvalue weighted by Gasteiger charge is -2.24. The van der Waals surface area contributed by atoms with Gasteiger partial charge in [-0.25, -0.2) is 0 Å². The van der Waals surface area contributed by atoms with Crippen molar-refractivity contribution in [2.45, 2.75) is 40.5 Å². The van der Waals surface area contributed by atoms with Crippen LogP contribution in [0.1, 0.15) is 40.5 Å². The Bertz CT molecular complexity index is 452. The number of benzene rings is 1. The van der Waals surface area contributed by atoms with E-state index >= 15 is 0 Å². The van der Waals surface area contributed by atoms with E-state index < -0.39 is 0 Å². The van der Waals surface area contributed by atoms with Crippen LogP contribution in [0.4, 0.5) is 5.69 Å². The molecule has 0 saturated carbocycles. The lowest BCUT2D eigenvalue weighted by Crippen LogP contribution is -2.32. The molecule has 1 aromatic rings. The Balaban J connectivity index is 2.68. The van der Waals surface area contributed by atoms with Gasteiger partial charge in [0, 0.05) is 18.3 Å². The summed E-state index contributed by atoms with van der Waals surface area (Å²) < 4.78 is 5.57. The van der Waals surface area contributed by atoms with E-state index in [0.29, 0.717) is 13.2 Å². The van der Waals surface area contributed by atoms with Crippen molar-refractivity contribution in [2.75, 3.05) is 18.5 Å². The normalized spacial score (nSPS) is 12.8. The van der Waals surface area contributed by atoms with Crippen molar-refractivity contribution >= 4 is 11.6 Å². The summed E-state index contributed by atoms with van der Waals surface area (Å²) in [5, 5.41) is 2.93. The molecule has 118 valence electrons. The number of rotatable bonds is 7. The van der Waals surface area contributed by atoms with Crippen molar-refractivity contribution < 1.29 is 9.53 Å². The lowest BCUT2D eigenvalue weighted by molar-refractivity contribution is -0.120. The van der Waals surface area contributed by atoms with Gasteiger partial charge < -0.3 is 15.8 Å². The van der Waals surface area contributed by atoms with Crippen LogP contribution in [0, 0.1) is 11.3 Å². The van der Waals surface area contributed by atoms with Gasteiger partial charge in [-0.05, 0) is 30.4 Å². The smallest absolute Gasteiger partial charge is 0.228 e. The summed E-state index contributed by atoms with van der Waals surface area (Å²) in [6.45, 7) is 9.43. The van der Waals surface area contributed by atoms with Crippen molar-refractivity contribution in [2.24, 2.45) is 17.1 Å². The Kier molecular flexibility index (Phi) is 6.69. The van der Waals surface area contributed by atoms with Gasteiger partial charge in [-0.1, -0.05) is 33.8 Å². The van der Waals surface area contributed by atoms with Gasteiger partial charge in [0.05, 0.1) is 12.5 Å². The number of ether oxygens (including phenoxy) is 1. The summed E-state index contributed by atoms with van der Waals surface area (Å²) >= 11 is 0. The Morgan fingerprint density at radius 1 is 1.38 bits per heavy atom. The first-order chi connectivity index (χ1) is 9.85. The number of hydrogen-bond donors (Lipinski definition) is 2. The largest absolute Gasteiger partial charge is 0.494 e. The fourth-order valence-electron chi connectivity index (χ4n) is 2.15. The van der Waals surface area contributed by atoms with Gasteiger partial charge in [-0.3, -0.25) is 4.79 Å². The molecule has 3 N–H and O–H groups in total. The van der Waals surface area contributed by atoms with Gasteiger partial charge in [-0.15, -0.1) is 0 Å². The highest BCUT2D eigenvalue weighted by molar-refractivity contribution is 5.92. The van der Waals surface area contributed by atoms with E-state index in [2.05, 4.69) is 33.0 Å². The SMILES string of the molecule is CCCOc1cccc(NC(=O)C(CN)CC(C)(C)C)c1. The molecule has 0 fully saturated rings. The van der Waals surface area contributed by atoms with Crippen LogP contribution >= 0.6 is 0 Å². The molecule has 1 aromatic carbocycles. The third-order valence-corrected chi connectivity index (χ3v) is 3.09. The zero-order chi connectivity index (χ0) is 15.9. The Morgan fingerprint density at radius 3 is 2.67 bits per heavy atom. The molecule has 4 nitrogen and oxygen atoms in total. The number of amides is 1. The summed E-state index contributed by atoms with van der Waals surface area (Å²) in [5.41, 5.74) is 6.57.